The van der Waals surface area contributed by atoms with E-state index in [1.807, 2.05) is 6.92 Å². The maximum absolute atomic E-state index is 10.7. The van der Waals surface area contributed by atoms with Gasteiger partial charge >= 0.3 is 5.97 Å². The van der Waals surface area contributed by atoms with Crippen molar-refractivity contribution < 1.29 is 14.6 Å². The number of nitrogens with one attached hydrogen (secondary N) is 1. The van der Waals surface area contributed by atoms with Crippen LogP contribution in [-0.4, -0.2) is 23.7 Å². The Morgan fingerprint density at radius 3 is 2.78 bits per heavy atom. The molecule has 1 aromatic rings. The number of ether oxygens (including phenoxy) is 1. The fourth-order valence-corrected chi connectivity index (χ4v) is 1.53. The molecule has 0 saturated carbocycles. The molecule has 0 spiro atoms. The quantitative estimate of drug-likeness (QED) is 0.847. The van der Waals surface area contributed by atoms with Gasteiger partial charge in [-0.2, -0.15) is 0 Å². The second kappa shape index (κ2) is 8.19. The van der Waals surface area contributed by atoms with E-state index in [-0.39, 0.29) is 12.4 Å². The molecule has 18 heavy (non-hydrogen) atoms. The van der Waals surface area contributed by atoms with E-state index in [9.17, 15) is 4.79 Å². The zero-order valence-electron chi connectivity index (χ0n) is 10.3. The van der Waals surface area contributed by atoms with Crippen molar-refractivity contribution in [3.8, 4) is 5.75 Å². The number of hydrogen-bond donors (Lipinski definition) is 2. The first-order chi connectivity index (χ1) is 8.04. The van der Waals surface area contributed by atoms with Gasteiger partial charge in [0.15, 0.2) is 0 Å². The van der Waals surface area contributed by atoms with Gasteiger partial charge in [-0.05, 0) is 32.0 Å². The lowest BCUT2D eigenvalue weighted by Crippen LogP contribution is -2.33. The predicted molar refractivity (Wildman–Crippen MR) is 73.8 cm³/mol. The molecule has 1 aromatic carbocycles. The van der Waals surface area contributed by atoms with Crippen molar-refractivity contribution in [2.75, 3.05) is 6.61 Å². The first-order valence-corrected chi connectivity index (χ1v) is 5.79. The van der Waals surface area contributed by atoms with E-state index in [0.717, 1.165) is 11.3 Å². The molecular weight excluding hydrogens is 277 g/mol. The molecule has 0 saturated heterocycles. The highest BCUT2D eigenvalue weighted by atomic mass is 35.5. The number of benzene rings is 1. The highest BCUT2D eigenvalue weighted by Crippen LogP contribution is 2.22. The fraction of sp³-hybridized carbons (Fsp3) is 0.417. The second-order valence-electron chi connectivity index (χ2n) is 3.63. The highest BCUT2D eigenvalue weighted by molar-refractivity contribution is 6.30. The van der Waals surface area contributed by atoms with E-state index in [2.05, 4.69) is 5.32 Å². The average Bonchev–Trinajstić information content (AvgIpc) is 2.29. The maximum atomic E-state index is 10.7. The van der Waals surface area contributed by atoms with Crippen LogP contribution in [0.1, 0.15) is 19.4 Å². The Balaban J connectivity index is 0.00000289. The van der Waals surface area contributed by atoms with E-state index in [1.165, 1.54) is 0 Å². The number of carboxylic acid groups (broad SMARTS) is 1. The monoisotopic (exact) mass is 293 g/mol. The molecule has 102 valence electrons. The minimum Gasteiger partial charge on any atom is -0.494 e. The van der Waals surface area contributed by atoms with E-state index in [1.54, 1.807) is 25.1 Å². The molecule has 0 bridgehead atoms. The largest absolute Gasteiger partial charge is 0.494 e. The molecule has 0 aliphatic rings. The molecule has 0 amide bonds. The smallest absolute Gasteiger partial charge is 0.320 e. The van der Waals surface area contributed by atoms with Crippen molar-refractivity contribution in [3.05, 3.63) is 28.8 Å². The summed E-state index contributed by atoms with van der Waals surface area (Å²) in [4.78, 5) is 10.7. The van der Waals surface area contributed by atoms with Crippen molar-refractivity contribution in [1.82, 2.24) is 5.32 Å². The van der Waals surface area contributed by atoms with Gasteiger partial charge in [-0.3, -0.25) is 4.79 Å². The van der Waals surface area contributed by atoms with E-state index < -0.39 is 12.0 Å². The van der Waals surface area contributed by atoms with Gasteiger partial charge in [-0.1, -0.05) is 11.6 Å². The van der Waals surface area contributed by atoms with Crippen molar-refractivity contribution in [2.45, 2.75) is 26.4 Å². The molecule has 2 N–H and O–H groups in total. The molecular formula is C12H17Cl2NO3. The first kappa shape index (κ1) is 17.0. The zero-order chi connectivity index (χ0) is 12.8. The van der Waals surface area contributed by atoms with Crippen LogP contribution in [0.25, 0.3) is 0 Å². The third kappa shape index (κ3) is 5.12. The molecule has 0 aliphatic carbocycles. The molecule has 0 aliphatic heterocycles. The van der Waals surface area contributed by atoms with Crippen molar-refractivity contribution in [1.29, 1.82) is 0 Å². The van der Waals surface area contributed by atoms with Crippen LogP contribution < -0.4 is 10.1 Å². The van der Waals surface area contributed by atoms with Crippen LogP contribution in [0.15, 0.2) is 18.2 Å². The SMILES string of the molecule is CCOc1ccc(Cl)cc1CNC(C)C(=O)O.Cl. The Morgan fingerprint density at radius 2 is 2.22 bits per heavy atom. The van der Waals surface area contributed by atoms with Crippen LogP contribution in [0, 0.1) is 0 Å². The van der Waals surface area contributed by atoms with Crippen LogP contribution in [0.4, 0.5) is 0 Å². The van der Waals surface area contributed by atoms with Crippen molar-refractivity contribution in [3.63, 3.8) is 0 Å². The van der Waals surface area contributed by atoms with Gasteiger partial charge in [0.05, 0.1) is 6.61 Å². The van der Waals surface area contributed by atoms with Gasteiger partial charge in [0.25, 0.3) is 0 Å². The Bertz CT molecular complexity index is 399. The molecule has 0 radical (unpaired) electrons. The van der Waals surface area contributed by atoms with Gasteiger partial charge in [0.1, 0.15) is 11.8 Å². The summed E-state index contributed by atoms with van der Waals surface area (Å²) in [6.07, 6.45) is 0. The number of carboxylic acids is 1. The summed E-state index contributed by atoms with van der Waals surface area (Å²) < 4.78 is 5.44. The maximum Gasteiger partial charge on any atom is 0.320 e. The first-order valence-electron chi connectivity index (χ1n) is 5.42. The topological polar surface area (TPSA) is 58.6 Å². The lowest BCUT2D eigenvalue weighted by molar-refractivity contribution is -0.139. The summed E-state index contributed by atoms with van der Waals surface area (Å²) in [6, 6.07) is 4.70. The van der Waals surface area contributed by atoms with Crippen molar-refractivity contribution in [2.24, 2.45) is 0 Å². The molecule has 1 atom stereocenters. The van der Waals surface area contributed by atoms with E-state index >= 15 is 0 Å². The summed E-state index contributed by atoms with van der Waals surface area (Å²) >= 11 is 5.90. The molecule has 0 fully saturated rings. The Morgan fingerprint density at radius 1 is 1.56 bits per heavy atom. The summed E-state index contributed by atoms with van der Waals surface area (Å²) in [5.74, 6) is -0.160. The van der Waals surface area contributed by atoms with Crippen molar-refractivity contribution >= 4 is 30.0 Å². The number of aliphatic carboxylic acids is 1. The zero-order valence-corrected chi connectivity index (χ0v) is 11.8. The van der Waals surface area contributed by atoms with Crippen LogP contribution >= 0.6 is 24.0 Å². The van der Waals surface area contributed by atoms with Gasteiger partial charge in [-0.15, -0.1) is 12.4 Å². The molecule has 0 aromatic heterocycles. The predicted octanol–water partition coefficient (Wildman–Crippen LogP) is 2.72. The van der Waals surface area contributed by atoms with Crippen LogP contribution in [0.5, 0.6) is 5.75 Å². The van der Waals surface area contributed by atoms with Gasteiger partial charge < -0.3 is 15.2 Å². The van der Waals surface area contributed by atoms with Gasteiger partial charge in [0, 0.05) is 17.1 Å². The summed E-state index contributed by atoms with van der Waals surface area (Å²) in [5.41, 5.74) is 0.854. The third-order valence-corrected chi connectivity index (χ3v) is 2.53. The highest BCUT2D eigenvalue weighted by Gasteiger charge is 2.11. The summed E-state index contributed by atoms with van der Waals surface area (Å²) in [6.45, 7) is 4.45. The van der Waals surface area contributed by atoms with Crippen LogP contribution in [-0.2, 0) is 11.3 Å². The lowest BCUT2D eigenvalue weighted by atomic mass is 10.2. The van der Waals surface area contributed by atoms with Gasteiger partial charge in [-0.25, -0.2) is 0 Å². The van der Waals surface area contributed by atoms with Crippen LogP contribution in [0.2, 0.25) is 5.02 Å². The molecule has 1 unspecified atom stereocenters. The molecule has 1 rings (SSSR count). The van der Waals surface area contributed by atoms with Gasteiger partial charge in [0.2, 0.25) is 0 Å². The minimum absolute atomic E-state index is 0. The number of carbonyl (C=O) groups is 1. The number of rotatable bonds is 6. The second-order valence-corrected chi connectivity index (χ2v) is 4.06. The lowest BCUT2D eigenvalue weighted by Gasteiger charge is -2.13. The Kier molecular flexibility index (Phi) is 7.75. The third-order valence-electron chi connectivity index (χ3n) is 2.29. The fourth-order valence-electron chi connectivity index (χ4n) is 1.33. The number of hydrogen-bond acceptors (Lipinski definition) is 3. The number of halogens is 2. The normalized spacial score (nSPS) is 11.5. The Labute approximate surface area is 118 Å². The molecule has 6 heteroatoms. The molecule has 0 heterocycles. The Hall–Kier alpha value is -0.970. The summed E-state index contributed by atoms with van der Waals surface area (Å²) in [7, 11) is 0. The molecule has 4 nitrogen and oxygen atoms in total. The van der Waals surface area contributed by atoms with E-state index in [0.29, 0.717) is 18.2 Å². The van der Waals surface area contributed by atoms with Crippen LogP contribution in [0.3, 0.4) is 0 Å². The average molecular weight is 294 g/mol. The standard InChI is InChI=1S/C12H16ClNO3.ClH/c1-3-17-11-5-4-10(13)6-9(11)7-14-8(2)12(15)16;/h4-6,8,14H,3,7H2,1-2H3,(H,15,16);1H. The minimum atomic E-state index is -0.884. The summed E-state index contributed by atoms with van der Waals surface area (Å²) in [5, 5.41) is 12.3. The van der Waals surface area contributed by atoms with E-state index in [4.69, 9.17) is 21.4 Å².